The zero-order valence-corrected chi connectivity index (χ0v) is 16.7. The van der Waals surface area contributed by atoms with Crippen LogP contribution in [-0.2, 0) is 11.3 Å². The molecule has 30 heavy (non-hydrogen) atoms. The smallest absolute Gasteiger partial charge is 0.417 e. The number of carbonyl (C=O) groups is 1. The zero-order valence-electron chi connectivity index (χ0n) is 16.7. The molecular formula is C23H25N3O4. The molecule has 1 atom stereocenters. The van der Waals surface area contributed by atoms with E-state index in [1.54, 1.807) is 12.1 Å². The minimum Gasteiger partial charge on any atom is -0.508 e. The Balaban J connectivity index is 1.20. The Morgan fingerprint density at radius 3 is 2.53 bits per heavy atom. The number of phenolic OH excluding ortho intramolecular Hbond substituents is 1. The summed E-state index contributed by atoms with van der Waals surface area (Å²) in [6.07, 6.45) is 2.84. The summed E-state index contributed by atoms with van der Waals surface area (Å²) in [6.45, 7) is 3.15. The Morgan fingerprint density at radius 2 is 1.77 bits per heavy atom. The van der Waals surface area contributed by atoms with E-state index in [0.29, 0.717) is 18.0 Å². The molecule has 3 aromatic rings. The van der Waals surface area contributed by atoms with Crippen LogP contribution in [-0.4, -0.2) is 51.5 Å². The molecule has 2 aromatic carbocycles. The van der Waals surface area contributed by atoms with Crippen LogP contribution in [0.4, 0.5) is 0 Å². The Labute approximate surface area is 173 Å². The summed E-state index contributed by atoms with van der Waals surface area (Å²) in [4.78, 5) is 31.3. The molecule has 1 amide bonds. The maximum absolute atomic E-state index is 13.0. The van der Waals surface area contributed by atoms with E-state index < -0.39 is 5.76 Å². The number of oxazole rings is 1. The lowest BCUT2D eigenvalue weighted by atomic mass is 9.88. The molecule has 0 radical (unpaired) electrons. The second kappa shape index (κ2) is 7.65. The molecule has 2 fully saturated rings. The number of aromatic nitrogens is 1. The van der Waals surface area contributed by atoms with Gasteiger partial charge in [-0.2, -0.15) is 0 Å². The van der Waals surface area contributed by atoms with Crippen LogP contribution in [0.25, 0.3) is 11.1 Å². The number of hydrogen-bond donors (Lipinski definition) is 2. The number of H-pyrrole nitrogens is 1. The third kappa shape index (κ3) is 3.61. The molecule has 0 aliphatic carbocycles. The van der Waals surface area contributed by atoms with E-state index in [-0.39, 0.29) is 17.7 Å². The van der Waals surface area contributed by atoms with Crippen molar-refractivity contribution in [3.05, 3.63) is 64.1 Å². The number of benzene rings is 2. The average molecular weight is 407 g/mol. The lowest BCUT2D eigenvalue weighted by Gasteiger charge is -2.35. The van der Waals surface area contributed by atoms with Crippen molar-refractivity contribution in [1.29, 1.82) is 0 Å². The van der Waals surface area contributed by atoms with Crippen molar-refractivity contribution in [2.75, 3.05) is 19.6 Å². The minimum absolute atomic E-state index is 0.0340. The topological polar surface area (TPSA) is 89.8 Å². The molecule has 3 heterocycles. The summed E-state index contributed by atoms with van der Waals surface area (Å²) in [7, 11) is 0. The molecule has 0 unspecified atom stereocenters. The van der Waals surface area contributed by atoms with Gasteiger partial charge in [-0.05, 0) is 73.7 Å². The number of hydrogen-bond acceptors (Lipinski definition) is 5. The fraction of sp³-hybridized carbons (Fsp3) is 0.391. The van der Waals surface area contributed by atoms with E-state index in [1.165, 1.54) is 5.56 Å². The quantitative estimate of drug-likeness (QED) is 0.694. The molecule has 2 aliphatic rings. The third-order valence-corrected chi connectivity index (χ3v) is 6.47. The van der Waals surface area contributed by atoms with Gasteiger partial charge in [0.05, 0.1) is 11.6 Å². The van der Waals surface area contributed by atoms with Gasteiger partial charge in [-0.25, -0.2) is 4.79 Å². The highest BCUT2D eigenvalue weighted by Crippen LogP contribution is 2.32. The first-order valence-corrected chi connectivity index (χ1v) is 10.5. The number of nitrogens with zero attached hydrogens (tertiary/aromatic N) is 2. The number of fused-ring (bicyclic) bond motifs is 1. The van der Waals surface area contributed by atoms with E-state index in [9.17, 15) is 14.7 Å². The summed E-state index contributed by atoms with van der Waals surface area (Å²) in [5, 5.41) is 9.43. The Hall–Kier alpha value is -3.06. The molecule has 5 rings (SSSR count). The van der Waals surface area contributed by atoms with Gasteiger partial charge in [0.1, 0.15) is 5.75 Å². The predicted molar refractivity (Wildman–Crippen MR) is 112 cm³/mol. The highest BCUT2D eigenvalue weighted by Gasteiger charge is 2.37. The monoisotopic (exact) mass is 407 g/mol. The van der Waals surface area contributed by atoms with Crippen LogP contribution in [0.1, 0.15) is 36.3 Å². The van der Waals surface area contributed by atoms with Crippen LogP contribution in [0.15, 0.2) is 51.7 Å². The molecule has 2 N–H and O–H groups in total. The summed E-state index contributed by atoms with van der Waals surface area (Å²) < 4.78 is 5.20. The number of rotatable bonds is 4. The first-order valence-electron chi connectivity index (χ1n) is 10.5. The SMILES string of the molecule is O=C1[C@@H](N2CCC(c3ccc4[nH]c(=O)oc4c3)CC2)CCN1Cc1ccc(O)cc1. The van der Waals surface area contributed by atoms with Crippen LogP contribution in [0, 0.1) is 0 Å². The van der Waals surface area contributed by atoms with Crippen molar-refractivity contribution in [2.24, 2.45) is 0 Å². The van der Waals surface area contributed by atoms with Gasteiger partial charge < -0.3 is 14.4 Å². The maximum atomic E-state index is 13.0. The predicted octanol–water partition coefficient (Wildman–Crippen LogP) is 2.81. The van der Waals surface area contributed by atoms with E-state index in [0.717, 1.165) is 50.0 Å². The lowest BCUT2D eigenvalue weighted by molar-refractivity contribution is -0.133. The first kappa shape index (κ1) is 18.9. The number of nitrogens with one attached hydrogen (secondary N) is 1. The summed E-state index contributed by atoms with van der Waals surface area (Å²) in [5.74, 6) is 0.436. The van der Waals surface area contributed by atoms with Crippen molar-refractivity contribution in [2.45, 2.75) is 37.8 Å². The first-order chi connectivity index (χ1) is 14.6. The fourth-order valence-electron chi connectivity index (χ4n) is 4.80. The Bertz CT molecular complexity index is 1110. The Kier molecular flexibility index (Phi) is 4.83. The molecule has 2 saturated heterocycles. The second-order valence-corrected chi connectivity index (χ2v) is 8.31. The molecular weight excluding hydrogens is 382 g/mol. The average Bonchev–Trinajstić information content (AvgIpc) is 3.31. The van der Waals surface area contributed by atoms with Gasteiger partial charge in [-0.1, -0.05) is 18.2 Å². The van der Waals surface area contributed by atoms with Crippen molar-refractivity contribution < 1.29 is 14.3 Å². The number of amides is 1. The number of carbonyl (C=O) groups excluding carboxylic acids is 1. The van der Waals surface area contributed by atoms with Gasteiger partial charge >= 0.3 is 5.76 Å². The molecule has 7 nitrogen and oxygen atoms in total. The maximum Gasteiger partial charge on any atom is 0.417 e. The zero-order chi connectivity index (χ0) is 20.7. The molecule has 1 aromatic heterocycles. The van der Waals surface area contributed by atoms with Crippen LogP contribution in [0.5, 0.6) is 5.75 Å². The molecule has 0 bridgehead atoms. The van der Waals surface area contributed by atoms with Crippen molar-refractivity contribution >= 4 is 17.0 Å². The van der Waals surface area contributed by atoms with Crippen molar-refractivity contribution in [1.82, 2.24) is 14.8 Å². The second-order valence-electron chi connectivity index (χ2n) is 8.31. The number of aromatic hydroxyl groups is 1. The van der Waals surface area contributed by atoms with Crippen molar-refractivity contribution in [3.8, 4) is 5.75 Å². The number of phenols is 1. The van der Waals surface area contributed by atoms with Gasteiger partial charge in [0.15, 0.2) is 5.58 Å². The van der Waals surface area contributed by atoms with Gasteiger partial charge in [0.25, 0.3) is 0 Å². The molecule has 0 spiro atoms. The lowest BCUT2D eigenvalue weighted by Crippen LogP contribution is -2.45. The highest BCUT2D eigenvalue weighted by atomic mass is 16.4. The molecule has 7 heteroatoms. The molecule has 156 valence electrons. The third-order valence-electron chi connectivity index (χ3n) is 6.47. The molecule has 0 saturated carbocycles. The summed E-state index contributed by atoms with van der Waals surface area (Å²) >= 11 is 0. The van der Waals surface area contributed by atoms with E-state index in [1.807, 2.05) is 29.2 Å². The van der Waals surface area contributed by atoms with E-state index in [2.05, 4.69) is 16.0 Å². The van der Waals surface area contributed by atoms with Crippen LogP contribution >= 0.6 is 0 Å². The fourth-order valence-corrected chi connectivity index (χ4v) is 4.80. The highest BCUT2D eigenvalue weighted by molar-refractivity contribution is 5.84. The summed E-state index contributed by atoms with van der Waals surface area (Å²) in [6, 6.07) is 13.0. The van der Waals surface area contributed by atoms with Crippen molar-refractivity contribution in [3.63, 3.8) is 0 Å². The van der Waals surface area contributed by atoms with Crippen LogP contribution < -0.4 is 5.76 Å². The van der Waals surface area contributed by atoms with Gasteiger partial charge in [0, 0.05) is 13.1 Å². The van der Waals surface area contributed by atoms with Crippen LogP contribution in [0.3, 0.4) is 0 Å². The Morgan fingerprint density at radius 1 is 1.00 bits per heavy atom. The normalized spacial score (nSPS) is 21.0. The minimum atomic E-state index is -0.423. The van der Waals surface area contributed by atoms with E-state index >= 15 is 0 Å². The number of aromatic amines is 1. The van der Waals surface area contributed by atoms with Gasteiger partial charge in [-0.15, -0.1) is 0 Å². The van der Waals surface area contributed by atoms with Crippen LogP contribution in [0.2, 0.25) is 0 Å². The standard InChI is InChI=1S/C23H25N3O4/c27-18-4-1-15(2-5-18)14-26-12-9-20(22(26)28)25-10-7-16(8-11-25)17-3-6-19-21(13-17)30-23(29)24-19/h1-6,13,16,20,27H,7-12,14H2,(H,24,29)/t20-/m0/s1. The summed E-state index contributed by atoms with van der Waals surface area (Å²) in [5.41, 5.74) is 3.56. The van der Waals surface area contributed by atoms with E-state index in [4.69, 9.17) is 4.42 Å². The van der Waals surface area contributed by atoms with Gasteiger partial charge in [-0.3, -0.25) is 14.7 Å². The van der Waals surface area contributed by atoms with Gasteiger partial charge in [0.2, 0.25) is 5.91 Å². The largest absolute Gasteiger partial charge is 0.508 e. The molecule has 2 aliphatic heterocycles. The number of piperidine rings is 1. The number of likely N-dealkylation sites (tertiary alicyclic amines) is 2.